The number of nitroso groups, excluding NO2 is 1. The largest absolute Gasteiger partial charge is 0.394 e. The lowest BCUT2D eigenvalue weighted by Crippen LogP contribution is -2.51. The maximum absolute atomic E-state index is 10.1. The minimum atomic E-state index is -1.02. The van der Waals surface area contributed by atoms with Crippen LogP contribution in [0.1, 0.15) is 32.1 Å². The fourth-order valence-corrected chi connectivity index (χ4v) is 1.39. The number of hydrogen-bond acceptors (Lipinski definition) is 5. The van der Waals surface area contributed by atoms with E-state index in [2.05, 4.69) is 11.8 Å². The third-order valence-corrected chi connectivity index (χ3v) is 2.53. The van der Waals surface area contributed by atoms with Gasteiger partial charge in [-0.05, 0) is 19.3 Å². The van der Waals surface area contributed by atoms with Crippen molar-refractivity contribution < 1.29 is 9.84 Å². The van der Waals surface area contributed by atoms with Crippen molar-refractivity contribution in [3.05, 3.63) is 17.6 Å². The summed E-state index contributed by atoms with van der Waals surface area (Å²) in [5.74, 6) is 0. The van der Waals surface area contributed by atoms with E-state index in [1.807, 2.05) is 6.08 Å². The van der Waals surface area contributed by atoms with Crippen molar-refractivity contribution >= 4 is 0 Å². The van der Waals surface area contributed by atoms with Gasteiger partial charge in [-0.25, -0.2) is 0 Å². The molecule has 0 fully saturated rings. The van der Waals surface area contributed by atoms with Crippen LogP contribution in [0.4, 0.5) is 0 Å². The molecule has 3 N–H and O–H groups in total. The van der Waals surface area contributed by atoms with Gasteiger partial charge in [0.15, 0.2) is 0 Å². The number of nitrogens with two attached hydrogens (primary N) is 1. The number of aliphatic hydroxyl groups excluding tert-OH is 1. The van der Waals surface area contributed by atoms with Gasteiger partial charge in [0.25, 0.3) is 0 Å². The van der Waals surface area contributed by atoms with Crippen LogP contribution in [0.3, 0.4) is 0 Å². The average Bonchev–Trinajstić information content (AvgIpc) is 2.33. The molecule has 5 heteroatoms. The van der Waals surface area contributed by atoms with Gasteiger partial charge in [0.05, 0.1) is 18.8 Å². The van der Waals surface area contributed by atoms with Crippen molar-refractivity contribution in [3.8, 4) is 0 Å². The van der Waals surface area contributed by atoms with Crippen LogP contribution in [0.25, 0.3) is 0 Å². The molecule has 1 atom stereocenters. The molecule has 0 aliphatic heterocycles. The van der Waals surface area contributed by atoms with Crippen LogP contribution >= 0.6 is 0 Å². The van der Waals surface area contributed by atoms with E-state index in [4.69, 9.17) is 15.6 Å². The van der Waals surface area contributed by atoms with Gasteiger partial charge in [-0.15, -0.1) is 6.58 Å². The second-order valence-corrected chi connectivity index (χ2v) is 4.35. The van der Waals surface area contributed by atoms with Gasteiger partial charge >= 0.3 is 0 Å². The Hall–Kier alpha value is -0.780. The van der Waals surface area contributed by atoms with Gasteiger partial charge in [-0.3, -0.25) is 0 Å². The summed E-state index contributed by atoms with van der Waals surface area (Å²) in [7, 11) is 0. The van der Waals surface area contributed by atoms with Crippen LogP contribution in [-0.4, -0.2) is 37.0 Å². The van der Waals surface area contributed by atoms with Crippen molar-refractivity contribution in [1.29, 1.82) is 0 Å². The van der Waals surface area contributed by atoms with Crippen molar-refractivity contribution in [1.82, 2.24) is 0 Å². The molecule has 0 aromatic heterocycles. The summed E-state index contributed by atoms with van der Waals surface area (Å²) >= 11 is 0. The lowest BCUT2D eigenvalue weighted by atomic mass is 10.0. The summed E-state index contributed by atoms with van der Waals surface area (Å²) < 4.78 is 5.34. The van der Waals surface area contributed by atoms with E-state index < -0.39 is 5.54 Å². The smallest absolute Gasteiger partial charge is 0.104 e. The fourth-order valence-electron chi connectivity index (χ4n) is 1.39. The van der Waals surface area contributed by atoms with Gasteiger partial charge in [-0.1, -0.05) is 24.1 Å². The summed E-state index contributed by atoms with van der Waals surface area (Å²) in [6, 6.07) is 0. The summed E-state index contributed by atoms with van der Waals surface area (Å²) in [6.45, 7) is 4.02. The standard InChI is InChI=1S/C12H24N2O3/c1-2-3-4-5-6-7-8-17-11-12(13,10-15)9-14-16/h2,15H,1,3-11,13H2. The topological polar surface area (TPSA) is 84.9 Å². The number of aliphatic hydroxyl groups is 1. The van der Waals surface area contributed by atoms with Crippen molar-refractivity contribution in [3.63, 3.8) is 0 Å². The van der Waals surface area contributed by atoms with Gasteiger partial charge in [0, 0.05) is 6.61 Å². The Bertz CT molecular complexity index is 212. The summed E-state index contributed by atoms with van der Waals surface area (Å²) in [6.07, 6.45) is 7.38. The maximum atomic E-state index is 10.1. The molecule has 0 radical (unpaired) electrons. The highest BCUT2D eigenvalue weighted by Gasteiger charge is 2.24. The Morgan fingerprint density at radius 3 is 2.65 bits per heavy atom. The first kappa shape index (κ1) is 16.2. The highest BCUT2D eigenvalue weighted by molar-refractivity contribution is 4.85. The van der Waals surface area contributed by atoms with Crippen LogP contribution < -0.4 is 5.73 Å². The summed E-state index contributed by atoms with van der Waals surface area (Å²) in [4.78, 5) is 10.1. The molecule has 100 valence electrons. The lowest BCUT2D eigenvalue weighted by Gasteiger charge is -2.23. The van der Waals surface area contributed by atoms with Crippen molar-refractivity contribution in [2.75, 3.05) is 26.4 Å². The molecule has 5 nitrogen and oxygen atoms in total. The second-order valence-electron chi connectivity index (χ2n) is 4.35. The number of unbranched alkanes of at least 4 members (excludes halogenated alkanes) is 4. The molecular weight excluding hydrogens is 220 g/mol. The van der Waals surface area contributed by atoms with E-state index in [0.717, 1.165) is 25.7 Å². The first-order chi connectivity index (χ1) is 8.18. The molecule has 0 aromatic rings. The predicted molar refractivity (Wildman–Crippen MR) is 68.8 cm³/mol. The molecule has 0 bridgehead atoms. The Morgan fingerprint density at radius 2 is 2.06 bits per heavy atom. The van der Waals surface area contributed by atoms with E-state index in [9.17, 15) is 4.91 Å². The molecule has 0 spiro atoms. The molecule has 0 aliphatic rings. The van der Waals surface area contributed by atoms with Crippen LogP contribution in [-0.2, 0) is 4.74 Å². The van der Waals surface area contributed by atoms with E-state index in [1.165, 1.54) is 6.42 Å². The molecule has 1 unspecified atom stereocenters. The Labute approximate surface area is 103 Å². The molecule has 0 saturated carbocycles. The molecule has 0 amide bonds. The van der Waals surface area contributed by atoms with Crippen molar-refractivity contribution in [2.24, 2.45) is 10.9 Å². The zero-order valence-corrected chi connectivity index (χ0v) is 10.4. The lowest BCUT2D eigenvalue weighted by molar-refractivity contribution is 0.0567. The van der Waals surface area contributed by atoms with E-state index in [-0.39, 0.29) is 19.8 Å². The van der Waals surface area contributed by atoms with Gasteiger partial charge < -0.3 is 15.6 Å². The Kier molecular flexibility index (Phi) is 9.90. The first-order valence-electron chi connectivity index (χ1n) is 6.06. The minimum absolute atomic E-state index is 0.122. The van der Waals surface area contributed by atoms with Crippen LogP contribution in [0.15, 0.2) is 17.8 Å². The zero-order chi connectivity index (χ0) is 13.0. The molecule has 0 rings (SSSR count). The number of rotatable bonds is 12. The van der Waals surface area contributed by atoms with Gasteiger partial charge in [0.2, 0.25) is 0 Å². The monoisotopic (exact) mass is 244 g/mol. The normalized spacial score (nSPS) is 14.2. The highest BCUT2D eigenvalue weighted by atomic mass is 16.5. The summed E-state index contributed by atoms with van der Waals surface area (Å²) in [5.41, 5.74) is 4.69. The molecule has 0 saturated heterocycles. The number of hydrogen-bond donors (Lipinski definition) is 2. The van der Waals surface area contributed by atoms with Crippen molar-refractivity contribution in [2.45, 2.75) is 37.6 Å². The quantitative estimate of drug-likeness (QED) is 0.310. The third kappa shape index (κ3) is 8.97. The zero-order valence-electron chi connectivity index (χ0n) is 10.4. The molecule has 17 heavy (non-hydrogen) atoms. The Morgan fingerprint density at radius 1 is 1.35 bits per heavy atom. The highest BCUT2D eigenvalue weighted by Crippen LogP contribution is 2.05. The second kappa shape index (κ2) is 10.4. The number of nitrogens with zero attached hydrogens (tertiary/aromatic N) is 1. The minimum Gasteiger partial charge on any atom is -0.394 e. The number of allylic oxidation sites excluding steroid dienone is 1. The summed E-state index contributed by atoms with van der Waals surface area (Å²) in [5, 5.41) is 11.7. The first-order valence-corrected chi connectivity index (χ1v) is 6.06. The Balaban J connectivity index is 3.42. The van der Waals surface area contributed by atoms with Gasteiger partial charge in [0.1, 0.15) is 6.54 Å². The SMILES string of the molecule is C=CCCCCCCOCC(N)(CO)CN=O. The average molecular weight is 244 g/mol. The molecular formula is C12H24N2O3. The third-order valence-electron chi connectivity index (χ3n) is 2.53. The molecule has 0 aliphatic carbocycles. The number of ether oxygens (including phenoxy) is 1. The maximum Gasteiger partial charge on any atom is 0.104 e. The van der Waals surface area contributed by atoms with Crippen LogP contribution in [0.5, 0.6) is 0 Å². The van der Waals surface area contributed by atoms with E-state index in [1.54, 1.807) is 0 Å². The molecule has 0 aromatic carbocycles. The van der Waals surface area contributed by atoms with Crippen LogP contribution in [0, 0.1) is 4.91 Å². The molecule has 0 heterocycles. The van der Waals surface area contributed by atoms with E-state index >= 15 is 0 Å². The van der Waals surface area contributed by atoms with Gasteiger partial charge in [-0.2, -0.15) is 4.91 Å². The fraction of sp³-hybridized carbons (Fsp3) is 0.833. The van der Waals surface area contributed by atoms with E-state index in [0.29, 0.717) is 6.61 Å². The predicted octanol–water partition coefficient (Wildman–Crippen LogP) is 1.60. The van der Waals surface area contributed by atoms with Crippen LogP contribution in [0.2, 0.25) is 0 Å².